The van der Waals surface area contributed by atoms with Crippen molar-refractivity contribution in [2.24, 2.45) is 17.8 Å². The molecule has 0 bridgehead atoms. The Labute approximate surface area is 240 Å². The molecule has 1 saturated carbocycles. The van der Waals surface area contributed by atoms with E-state index in [0.29, 0.717) is 35.0 Å². The molecule has 1 N–H and O–H groups in total. The highest BCUT2D eigenvalue weighted by Gasteiger charge is 2.76. The first-order valence-electron chi connectivity index (χ1n) is 11.9. The Morgan fingerprint density at radius 3 is 2.43 bits per heavy atom. The van der Waals surface area contributed by atoms with E-state index in [1.807, 2.05) is 13.0 Å². The van der Waals surface area contributed by atoms with E-state index in [-0.39, 0.29) is 35.2 Å². The van der Waals surface area contributed by atoms with Crippen LogP contribution in [0, 0.1) is 17.8 Å². The van der Waals surface area contributed by atoms with E-state index in [1.54, 1.807) is 12.1 Å². The predicted octanol–water partition coefficient (Wildman–Crippen LogP) is 4.28. The maximum Gasteiger partial charge on any atom is 0.254 e. The number of benzene rings is 1. The second kappa shape index (κ2) is 9.24. The number of likely N-dealkylation sites (tertiary alicyclic amines) is 2. The summed E-state index contributed by atoms with van der Waals surface area (Å²) in [6, 6.07) is 3.17. The zero-order valence-corrected chi connectivity index (χ0v) is 24.7. The molecule has 12 heteroatoms. The van der Waals surface area contributed by atoms with Gasteiger partial charge in [0.25, 0.3) is 11.8 Å². The highest BCUT2D eigenvalue weighted by molar-refractivity contribution is 9.10. The van der Waals surface area contributed by atoms with Gasteiger partial charge >= 0.3 is 0 Å². The zero-order valence-electron chi connectivity index (χ0n) is 20.0. The second-order valence-corrected chi connectivity index (χ2v) is 12.5. The van der Waals surface area contributed by atoms with Gasteiger partial charge in [0.15, 0.2) is 21.2 Å². The molecular formula is C25H24Br2Cl2N2O6. The van der Waals surface area contributed by atoms with Crippen LogP contribution in [0.1, 0.15) is 37.7 Å². The summed E-state index contributed by atoms with van der Waals surface area (Å²) in [5, 5.41) is 10.4. The van der Waals surface area contributed by atoms with Gasteiger partial charge in [-0.1, -0.05) is 34.5 Å². The molecule has 4 amide bonds. The fourth-order valence-electron chi connectivity index (χ4n) is 6.55. The zero-order chi connectivity index (χ0) is 27.0. The van der Waals surface area contributed by atoms with Crippen LogP contribution < -0.4 is 4.74 Å². The van der Waals surface area contributed by atoms with E-state index in [2.05, 4.69) is 31.9 Å². The number of ether oxygens (including phenoxy) is 1. The molecule has 0 aromatic heterocycles. The summed E-state index contributed by atoms with van der Waals surface area (Å²) in [6.07, 6.45) is 2.74. The molecule has 2 aliphatic heterocycles. The third-order valence-corrected chi connectivity index (χ3v) is 10.7. The van der Waals surface area contributed by atoms with Crippen LogP contribution in [0.15, 0.2) is 28.3 Å². The Morgan fingerprint density at radius 1 is 1.11 bits per heavy atom. The van der Waals surface area contributed by atoms with Crippen LogP contribution in [0.2, 0.25) is 0 Å². The number of hydrogen-bond acceptors (Lipinski definition) is 6. The molecular weight excluding hydrogens is 655 g/mol. The minimum atomic E-state index is -1.91. The van der Waals surface area contributed by atoms with Gasteiger partial charge < -0.3 is 9.84 Å². The quantitative estimate of drug-likeness (QED) is 0.216. The molecule has 198 valence electrons. The van der Waals surface area contributed by atoms with Crippen molar-refractivity contribution in [3.63, 3.8) is 0 Å². The number of fused-ring (bicyclic) bond motifs is 4. The van der Waals surface area contributed by atoms with Gasteiger partial charge in [0.1, 0.15) is 0 Å². The van der Waals surface area contributed by atoms with E-state index in [1.165, 1.54) is 12.0 Å². The number of aromatic hydroxyl groups is 1. The first-order valence-corrected chi connectivity index (χ1v) is 14.6. The molecule has 0 radical (unpaired) electrons. The number of phenols is 1. The molecule has 2 saturated heterocycles. The number of phenolic OH excluding ortho intramolecular Hbond substituents is 1. The van der Waals surface area contributed by atoms with Gasteiger partial charge in [0.05, 0.1) is 28.9 Å². The van der Waals surface area contributed by atoms with Gasteiger partial charge in [-0.05, 0) is 58.8 Å². The standard InChI is InChI=1S/C25H24Br2Cl2N2O6/c1-3-6-30-20(33)13-5-4-12-14(17(13)21(30)34)9-24(28)22(35)31(10-26)23(36)25(24,29)18(12)11-7-15(27)19(32)16(8-11)37-2/h4,7-8,13-14,17-18,32H,3,5-6,9-10H2,1-2H3. The summed E-state index contributed by atoms with van der Waals surface area (Å²) in [5.74, 6) is -4.59. The van der Waals surface area contributed by atoms with Gasteiger partial charge in [0.2, 0.25) is 11.8 Å². The number of nitrogens with zero attached hydrogens (tertiary/aromatic N) is 2. The summed E-state index contributed by atoms with van der Waals surface area (Å²) in [6.45, 7) is 2.21. The Bertz CT molecular complexity index is 1270. The number of allylic oxidation sites excluding steroid dienone is 2. The minimum absolute atomic E-state index is 0.0645. The molecule has 4 aliphatic rings. The Hall–Kier alpha value is -1.62. The van der Waals surface area contributed by atoms with E-state index in [0.717, 1.165) is 4.90 Å². The Kier molecular flexibility index (Phi) is 6.74. The smallest absolute Gasteiger partial charge is 0.254 e. The van der Waals surface area contributed by atoms with Gasteiger partial charge in [0, 0.05) is 12.5 Å². The summed E-state index contributed by atoms with van der Waals surface area (Å²) in [4.78, 5) is 52.6. The average molecular weight is 679 g/mol. The van der Waals surface area contributed by atoms with Crippen LogP contribution in [-0.2, 0) is 19.2 Å². The van der Waals surface area contributed by atoms with Crippen LogP contribution in [0.3, 0.4) is 0 Å². The Morgan fingerprint density at radius 2 is 1.81 bits per heavy atom. The lowest BCUT2D eigenvalue weighted by Crippen LogP contribution is -2.60. The average Bonchev–Trinajstić information content (AvgIpc) is 3.19. The SMILES string of the molecule is CCCN1C(=O)C2CC=C3C(CC4(Cl)C(=O)N(CBr)C(=O)C4(Cl)C3c3cc(Br)c(O)c(OC)c3)C2C1=O. The van der Waals surface area contributed by atoms with E-state index < -0.39 is 45.2 Å². The summed E-state index contributed by atoms with van der Waals surface area (Å²) >= 11 is 20.9. The maximum absolute atomic E-state index is 13.8. The number of carbonyl (C=O) groups excluding carboxylic acids is 4. The third-order valence-electron chi connectivity index (χ3n) is 8.16. The number of carbonyl (C=O) groups is 4. The fraction of sp³-hybridized carbons (Fsp3) is 0.520. The maximum atomic E-state index is 13.8. The molecule has 0 spiro atoms. The van der Waals surface area contributed by atoms with Crippen LogP contribution in [0.4, 0.5) is 0 Å². The molecule has 37 heavy (non-hydrogen) atoms. The van der Waals surface area contributed by atoms with Crippen molar-refractivity contribution in [1.82, 2.24) is 9.80 Å². The van der Waals surface area contributed by atoms with Crippen LogP contribution in [0.25, 0.3) is 0 Å². The monoisotopic (exact) mass is 676 g/mol. The minimum Gasteiger partial charge on any atom is -0.503 e. The molecule has 8 nitrogen and oxygen atoms in total. The van der Waals surface area contributed by atoms with Crippen molar-refractivity contribution in [1.29, 1.82) is 0 Å². The van der Waals surface area contributed by atoms with Crippen molar-refractivity contribution in [2.45, 2.75) is 41.9 Å². The molecule has 6 unspecified atom stereocenters. The summed E-state index contributed by atoms with van der Waals surface area (Å²) in [5.41, 5.74) is 1.07. The van der Waals surface area contributed by atoms with E-state index >= 15 is 0 Å². The number of methoxy groups -OCH3 is 1. The fourth-order valence-corrected chi connectivity index (χ4v) is 8.44. The summed E-state index contributed by atoms with van der Waals surface area (Å²) < 4.78 is 5.64. The predicted molar refractivity (Wildman–Crippen MR) is 143 cm³/mol. The topological polar surface area (TPSA) is 104 Å². The third kappa shape index (κ3) is 3.44. The molecule has 3 fully saturated rings. The summed E-state index contributed by atoms with van der Waals surface area (Å²) in [7, 11) is 1.39. The highest BCUT2D eigenvalue weighted by atomic mass is 79.9. The molecule has 1 aromatic carbocycles. The molecule has 1 aromatic rings. The van der Waals surface area contributed by atoms with E-state index in [4.69, 9.17) is 27.9 Å². The first kappa shape index (κ1) is 27.0. The number of imide groups is 2. The number of halogens is 4. The van der Waals surface area contributed by atoms with Crippen molar-refractivity contribution < 1.29 is 29.0 Å². The van der Waals surface area contributed by atoms with Crippen molar-refractivity contribution in [3.05, 3.63) is 33.8 Å². The van der Waals surface area contributed by atoms with Crippen molar-refractivity contribution in [3.8, 4) is 11.5 Å². The largest absolute Gasteiger partial charge is 0.503 e. The second-order valence-electron chi connectivity index (χ2n) is 9.87. The molecule has 2 heterocycles. The lowest BCUT2D eigenvalue weighted by atomic mass is 9.56. The van der Waals surface area contributed by atoms with E-state index in [9.17, 15) is 24.3 Å². The number of amides is 4. The Balaban J connectivity index is 1.74. The lowest BCUT2D eigenvalue weighted by molar-refractivity contribution is -0.141. The van der Waals surface area contributed by atoms with Gasteiger partial charge in [-0.2, -0.15) is 0 Å². The van der Waals surface area contributed by atoms with Crippen molar-refractivity contribution >= 4 is 78.7 Å². The molecule has 5 rings (SSSR count). The molecule has 2 aliphatic carbocycles. The van der Waals surface area contributed by atoms with Crippen molar-refractivity contribution in [2.75, 3.05) is 19.1 Å². The lowest BCUT2D eigenvalue weighted by Gasteiger charge is -2.50. The normalized spacial score (nSPS) is 34.9. The van der Waals surface area contributed by atoms with Gasteiger partial charge in [-0.25, -0.2) is 0 Å². The number of rotatable bonds is 5. The number of hydrogen-bond donors (Lipinski definition) is 1. The number of alkyl halides is 3. The first-order chi connectivity index (χ1) is 17.5. The van der Waals surface area contributed by atoms with Crippen LogP contribution >= 0.6 is 55.1 Å². The van der Waals surface area contributed by atoms with Crippen LogP contribution in [0.5, 0.6) is 11.5 Å². The van der Waals surface area contributed by atoms with Gasteiger partial charge in [-0.3, -0.25) is 29.0 Å². The van der Waals surface area contributed by atoms with Crippen LogP contribution in [-0.4, -0.2) is 67.4 Å². The van der Waals surface area contributed by atoms with Gasteiger partial charge in [-0.15, -0.1) is 23.2 Å². The highest BCUT2D eigenvalue weighted by Crippen LogP contribution is 2.66. The molecule has 6 atom stereocenters.